The van der Waals surface area contributed by atoms with Crippen molar-refractivity contribution in [1.82, 2.24) is 9.78 Å². The van der Waals surface area contributed by atoms with Crippen LogP contribution in [0.25, 0.3) is 5.69 Å². The summed E-state index contributed by atoms with van der Waals surface area (Å²) in [6.45, 7) is 7.76. The van der Waals surface area contributed by atoms with E-state index in [2.05, 4.69) is 10.4 Å². The number of nitrogens with zero attached hydrogens (tertiary/aromatic N) is 2. The van der Waals surface area contributed by atoms with E-state index < -0.39 is 5.97 Å². The number of aromatic nitrogens is 2. The molecule has 0 aliphatic heterocycles. The van der Waals surface area contributed by atoms with Crippen LogP contribution in [0.4, 0.5) is 5.69 Å². The minimum absolute atomic E-state index is 0.0552. The lowest BCUT2D eigenvalue weighted by Crippen LogP contribution is -2.27. The van der Waals surface area contributed by atoms with E-state index in [1.54, 1.807) is 19.1 Å². The fraction of sp³-hybridized carbons (Fsp3) is 0.353. The van der Waals surface area contributed by atoms with Crippen molar-refractivity contribution in [2.24, 2.45) is 0 Å². The molecular formula is C17H21N3O3. The second kappa shape index (κ2) is 7.09. The molecule has 0 fully saturated rings. The molecule has 1 N–H and O–H groups in total. The molecule has 6 heteroatoms. The largest absolute Gasteiger partial charge is 0.461 e. The lowest BCUT2D eigenvalue weighted by molar-refractivity contribution is 0.0518. The third kappa shape index (κ3) is 3.97. The van der Waals surface area contributed by atoms with E-state index >= 15 is 0 Å². The third-order valence-electron chi connectivity index (χ3n) is 3.12. The maximum Gasteiger partial charge on any atom is 0.360 e. The van der Waals surface area contributed by atoms with Crippen molar-refractivity contribution in [3.05, 3.63) is 51.9 Å². The predicted molar refractivity (Wildman–Crippen MR) is 89.3 cm³/mol. The van der Waals surface area contributed by atoms with Gasteiger partial charge in [-0.1, -0.05) is 17.7 Å². The van der Waals surface area contributed by atoms with Crippen LogP contribution in [-0.2, 0) is 4.74 Å². The summed E-state index contributed by atoms with van der Waals surface area (Å²) in [4.78, 5) is 24.5. The molecule has 0 atom stereocenters. The Balaban J connectivity index is 2.56. The first-order valence-corrected chi connectivity index (χ1v) is 7.57. The van der Waals surface area contributed by atoms with E-state index in [1.807, 2.05) is 32.9 Å². The van der Waals surface area contributed by atoms with Gasteiger partial charge in [-0.15, -0.1) is 0 Å². The van der Waals surface area contributed by atoms with Crippen LogP contribution in [0.15, 0.2) is 35.1 Å². The first-order chi connectivity index (χ1) is 10.9. The van der Waals surface area contributed by atoms with Crippen molar-refractivity contribution in [3.8, 4) is 5.69 Å². The number of rotatable bonds is 5. The lowest BCUT2D eigenvalue weighted by Gasteiger charge is -2.15. The summed E-state index contributed by atoms with van der Waals surface area (Å²) in [5.41, 5.74) is 1.84. The highest BCUT2D eigenvalue weighted by Crippen LogP contribution is 2.15. The van der Waals surface area contributed by atoms with Crippen molar-refractivity contribution in [1.29, 1.82) is 0 Å². The normalized spacial score (nSPS) is 10.7. The van der Waals surface area contributed by atoms with Crippen LogP contribution in [0.1, 0.15) is 36.8 Å². The van der Waals surface area contributed by atoms with Gasteiger partial charge in [0.05, 0.1) is 18.0 Å². The summed E-state index contributed by atoms with van der Waals surface area (Å²) >= 11 is 0. The summed E-state index contributed by atoms with van der Waals surface area (Å²) in [7, 11) is 0. The molecule has 0 aliphatic carbocycles. The molecule has 1 aromatic carbocycles. The molecular weight excluding hydrogens is 294 g/mol. The quantitative estimate of drug-likeness (QED) is 0.858. The highest BCUT2D eigenvalue weighted by molar-refractivity contribution is 5.93. The minimum atomic E-state index is -0.559. The summed E-state index contributed by atoms with van der Waals surface area (Å²) in [6, 6.07) is 8.77. The van der Waals surface area contributed by atoms with Gasteiger partial charge >= 0.3 is 5.97 Å². The van der Waals surface area contributed by atoms with Crippen LogP contribution in [0.3, 0.4) is 0 Å². The number of carbonyl (C=O) groups is 1. The van der Waals surface area contributed by atoms with Gasteiger partial charge in [0.1, 0.15) is 0 Å². The smallest absolute Gasteiger partial charge is 0.360 e. The molecule has 0 radical (unpaired) electrons. The fourth-order valence-corrected chi connectivity index (χ4v) is 2.10. The fourth-order valence-electron chi connectivity index (χ4n) is 2.10. The Morgan fingerprint density at radius 1 is 1.30 bits per heavy atom. The molecule has 2 rings (SSSR count). The number of hydrogen-bond acceptors (Lipinski definition) is 5. The standard InChI is InChI=1S/C17H21N3O3/c1-5-23-17(22)16-14(18-11(2)3)10-15(21)20(19-16)13-8-6-12(4)7-9-13/h6-11,18H,5H2,1-4H3. The Kier molecular flexibility index (Phi) is 5.16. The Hall–Kier alpha value is -2.63. The second-order valence-electron chi connectivity index (χ2n) is 5.51. The molecule has 0 aliphatic rings. The monoisotopic (exact) mass is 315 g/mol. The van der Waals surface area contributed by atoms with Gasteiger partial charge in [0.2, 0.25) is 0 Å². The first-order valence-electron chi connectivity index (χ1n) is 7.57. The molecule has 0 unspecified atom stereocenters. The number of benzene rings is 1. The van der Waals surface area contributed by atoms with Crippen LogP contribution in [0.5, 0.6) is 0 Å². The number of hydrogen-bond donors (Lipinski definition) is 1. The molecule has 0 amide bonds. The summed E-state index contributed by atoms with van der Waals surface area (Å²) in [5, 5.41) is 7.28. The number of ether oxygens (including phenoxy) is 1. The summed E-state index contributed by atoms with van der Waals surface area (Å²) in [5.74, 6) is -0.559. The van der Waals surface area contributed by atoms with E-state index in [9.17, 15) is 9.59 Å². The number of aryl methyl sites for hydroxylation is 1. The van der Waals surface area contributed by atoms with Crippen LogP contribution in [-0.4, -0.2) is 28.4 Å². The van der Waals surface area contributed by atoms with Crippen molar-refractivity contribution in [2.45, 2.75) is 33.7 Å². The van der Waals surface area contributed by atoms with Crippen molar-refractivity contribution in [2.75, 3.05) is 11.9 Å². The van der Waals surface area contributed by atoms with Crippen LogP contribution < -0.4 is 10.9 Å². The third-order valence-corrected chi connectivity index (χ3v) is 3.12. The highest BCUT2D eigenvalue weighted by Gasteiger charge is 2.18. The van der Waals surface area contributed by atoms with Gasteiger partial charge in [0.25, 0.3) is 5.56 Å². The zero-order valence-electron chi connectivity index (χ0n) is 13.8. The van der Waals surface area contributed by atoms with Crippen LogP contribution >= 0.6 is 0 Å². The molecule has 0 bridgehead atoms. The van der Waals surface area contributed by atoms with Crippen LogP contribution in [0.2, 0.25) is 0 Å². The molecule has 23 heavy (non-hydrogen) atoms. The molecule has 0 spiro atoms. The number of esters is 1. The predicted octanol–water partition coefficient (Wildman–Crippen LogP) is 2.54. The molecule has 1 heterocycles. The Labute approximate surface area is 135 Å². The molecule has 0 saturated carbocycles. The number of nitrogens with one attached hydrogen (secondary N) is 1. The van der Waals surface area contributed by atoms with Crippen molar-refractivity contribution in [3.63, 3.8) is 0 Å². The van der Waals surface area contributed by atoms with Gasteiger partial charge in [-0.2, -0.15) is 9.78 Å². The summed E-state index contributed by atoms with van der Waals surface area (Å²) < 4.78 is 6.25. The SMILES string of the molecule is CCOC(=O)c1nn(-c2ccc(C)cc2)c(=O)cc1NC(C)C. The van der Waals surface area contributed by atoms with E-state index in [0.717, 1.165) is 5.56 Å². The van der Waals surface area contributed by atoms with Gasteiger partial charge < -0.3 is 10.1 Å². The Bertz CT molecular complexity index is 749. The van der Waals surface area contributed by atoms with Crippen molar-refractivity contribution < 1.29 is 9.53 Å². The zero-order valence-corrected chi connectivity index (χ0v) is 13.8. The van der Waals surface area contributed by atoms with E-state index in [0.29, 0.717) is 11.4 Å². The van der Waals surface area contributed by atoms with Gasteiger partial charge in [0.15, 0.2) is 5.69 Å². The number of anilines is 1. The molecule has 6 nitrogen and oxygen atoms in total. The van der Waals surface area contributed by atoms with Gasteiger partial charge in [-0.3, -0.25) is 4.79 Å². The second-order valence-corrected chi connectivity index (χ2v) is 5.51. The van der Waals surface area contributed by atoms with E-state index in [-0.39, 0.29) is 23.9 Å². The maximum absolute atomic E-state index is 12.3. The van der Waals surface area contributed by atoms with Gasteiger partial charge in [-0.05, 0) is 39.8 Å². The molecule has 1 aromatic heterocycles. The maximum atomic E-state index is 12.3. The zero-order chi connectivity index (χ0) is 17.0. The number of carbonyl (C=O) groups excluding carboxylic acids is 1. The topological polar surface area (TPSA) is 73.2 Å². The lowest BCUT2D eigenvalue weighted by atomic mass is 10.2. The molecule has 122 valence electrons. The van der Waals surface area contributed by atoms with Crippen LogP contribution in [0, 0.1) is 6.92 Å². The first kappa shape index (κ1) is 16.7. The highest BCUT2D eigenvalue weighted by atomic mass is 16.5. The summed E-state index contributed by atoms with van der Waals surface area (Å²) in [6.07, 6.45) is 0. The Morgan fingerprint density at radius 3 is 2.52 bits per heavy atom. The van der Waals surface area contributed by atoms with E-state index in [1.165, 1.54) is 10.7 Å². The van der Waals surface area contributed by atoms with Gasteiger partial charge in [-0.25, -0.2) is 4.79 Å². The average molecular weight is 315 g/mol. The van der Waals surface area contributed by atoms with Crippen molar-refractivity contribution >= 4 is 11.7 Å². The molecule has 0 saturated heterocycles. The minimum Gasteiger partial charge on any atom is -0.461 e. The average Bonchev–Trinajstić information content (AvgIpc) is 2.48. The van der Waals surface area contributed by atoms with E-state index in [4.69, 9.17) is 4.74 Å². The van der Waals surface area contributed by atoms with Gasteiger partial charge in [0, 0.05) is 12.1 Å². The molecule has 2 aromatic rings. The Morgan fingerprint density at radius 2 is 1.96 bits per heavy atom.